The van der Waals surface area contributed by atoms with Crippen molar-refractivity contribution in [1.29, 1.82) is 0 Å². The summed E-state index contributed by atoms with van der Waals surface area (Å²) in [4.78, 5) is 10.8. The molecule has 0 aromatic heterocycles. The molecule has 0 aliphatic rings. The average molecular weight is 209 g/mol. The van der Waals surface area contributed by atoms with Crippen molar-refractivity contribution >= 4 is 11.7 Å². The largest absolute Gasteiger partial charge is 0.491 e. The summed E-state index contributed by atoms with van der Waals surface area (Å²) in [6.45, 7) is 3.93. The first-order valence-corrected chi connectivity index (χ1v) is 4.84. The summed E-state index contributed by atoms with van der Waals surface area (Å²) >= 11 is 0. The van der Waals surface area contributed by atoms with Crippen molar-refractivity contribution in [2.75, 3.05) is 5.73 Å². The molecule has 0 amide bonds. The maximum Gasteiger partial charge on any atom is 0.337 e. The third-order valence-electron chi connectivity index (χ3n) is 2.17. The number of anilines is 1. The smallest absolute Gasteiger partial charge is 0.337 e. The summed E-state index contributed by atoms with van der Waals surface area (Å²) in [5.41, 5.74) is 5.85. The SMILES string of the molecule is CCC(C)Oc1ccc(N)c(C(=O)O)c1. The number of aromatic carboxylic acids is 1. The molecule has 1 aromatic rings. The van der Waals surface area contributed by atoms with E-state index in [4.69, 9.17) is 15.6 Å². The van der Waals surface area contributed by atoms with Crippen molar-refractivity contribution in [3.63, 3.8) is 0 Å². The highest BCUT2D eigenvalue weighted by molar-refractivity contribution is 5.94. The van der Waals surface area contributed by atoms with Crippen LogP contribution in [0.25, 0.3) is 0 Å². The van der Waals surface area contributed by atoms with Gasteiger partial charge in [-0.2, -0.15) is 0 Å². The highest BCUT2D eigenvalue weighted by Crippen LogP contribution is 2.21. The van der Waals surface area contributed by atoms with Gasteiger partial charge in [0.1, 0.15) is 5.75 Å². The number of hydrogen-bond acceptors (Lipinski definition) is 3. The van der Waals surface area contributed by atoms with Gasteiger partial charge in [0, 0.05) is 5.69 Å². The van der Waals surface area contributed by atoms with E-state index in [-0.39, 0.29) is 17.4 Å². The number of hydrogen-bond donors (Lipinski definition) is 2. The number of carbonyl (C=O) groups is 1. The van der Waals surface area contributed by atoms with E-state index in [0.29, 0.717) is 5.75 Å². The van der Waals surface area contributed by atoms with Gasteiger partial charge in [0.25, 0.3) is 0 Å². The molecule has 0 saturated carbocycles. The summed E-state index contributed by atoms with van der Waals surface area (Å²) in [6, 6.07) is 4.67. The Labute approximate surface area is 88.7 Å². The fourth-order valence-electron chi connectivity index (χ4n) is 1.11. The maximum absolute atomic E-state index is 10.8. The molecule has 1 rings (SSSR count). The van der Waals surface area contributed by atoms with Crippen molar-refractivity contribution in [3.8, 4) is 5.75 Å². The molecule has 15 heavy (non-hydrogen) atoms. The van der Waals surface area contributed by atoms with Gasteiger partial charge >= 0.3 is 5.97 Å². The number of carboxylic acid groups (broad SMARTS) is 1. The van der Waals surface area contributed by atoms with Gasteiger partial charge in [-0.3, -0.25) is 0 Å². The predicted molar refractivity (Wildman–Crippen MR) is 58.2 cm³/mol. The van der Waals surface area contributed by atoms with Gasteiger partial charge in [-0.15, -0.1) is 0 Å². The molecule has 0 aliphatic carbocycles. The second kappa shape index (κ2) is 4.68. The first kappa shape index (κ1) is 11.4. The lowest BCUT2D eigenvalue weighted by atomic mass is 10.1. The van der Waals surface area contributed by atoms with E-state index < -0.39 is 5.97 Å². The Balaban J connectivity index is 2.92. The lowest BCUT2D eigenvalue weighted by molar-refractivity contribution is 0.0697. The van der Waals surface area contributed by atoms with Crippen LogP contribution in [-0.4, -0.2) is 17.2 Å². The Morgan fingerprint density at radius 2 is 2.27 bits per heavy atom. The Kier molecular flexibility index (Phi) is 3.55. The number of nitrogens with two attached hydrogens (primary N) is 1. The normalized spacial score (nSPS) is 12.1. The first-order chi connectivity index (χ1) is 7.04. The first-order valence-electron chi connectivity index (χ1n) is 4.84. The fourth-order valence-corrected chi connectivity index (χ4v) is 1.11. The topological polar surface area (TPSA) is 72.5 Å². The molecule has 0 spiro atoms. The molecule has 1 aromatic carbocycles. The van der Waals surface area contributed by atoms with Crippen molar-refractivity contribution in [3.05, 3.63) is 23.8 Å². The van der Waals surface area contributed by atoms with Crippen LogP contribution >= 0.6 is 0 Å². The van der Waals surface area contributed by atoms with Crippen LogP contribution in [-0.2, 0) is 0 Å². The zero-order valence-corrected chi connectivity index (χ0v) is 8.86. The minimum atomic E-state index is -1.04. The van der Waals surface area contributed by atoms with E-state index in [1.165, 1.54) is 6.07 Å². The predicted octanol–water partition coefficient (Wildman–Crippen LogP) is 2.14. The standard InChI is InChI=1S/C11H15NO3/c1-3-7(2)15-8-4-5-10(12)9(6-8)11(13)14/h4-7H,3,12H2,1-2H3,(H,13,14). The molecule has 0 heterocycles. The lowest BCUT2D eigenvalue weighted by Gasteiger charge is -2.13. The highest BCUT2D eigenvalue weighted by atomic mass is 16.5. The van der Waals surface area contributed by atoms with E-state index in [1.54, 1.807) is 12.1 Å². The fraction of sp³-hybridized carbons (Fsp3) is 0.364. The van der Waals surface area contributed by atoms with Gasteiger partial charge in [0.05, 0.1) is 11.7 Å². The summed E-state index contributed by atoms with van der Waals surface area (Å²) in [7, 11) is 0. The van der Waals surface area contributed by atoms with E-state index in [0.717, 1.165) is 6.42 Å². The quantitative estimate of drug-likeness (QED) is 0.745. The lowest BCUT2D eigenvalue weighted by Crippen LogP contribution is -2.11. The number of rotatable bonds is 4. The number of ether oxygens (including phenoxy) is 1. The Bertz CT molecular complexity index is 363. The van der Waals surface area contributed by atoms with E-state index >= 15 is 0 Å². The second-order valence-corrected chi connectivity index (χ2v) is 3.39. The zero-order chi connectivity index (χ0) is 11.4. The van der Waals surface area contributed by atoms with Crippen LogP contribution in [0.3, 0.4) is 0 Å². The molecule has 1 atom stereocenters. The molecule has 0 fully saturated rings. The van der Waals surface area contributed by atoms with Crippen LogP contribution in [0.1, 0.15) is 30.6 Å². The minimum Gasteiger partial charge on any atom is -0.491 e. The Morgan fingerprint density at radius 1 is 1.60 bits per heavy atom. The van der Waals surface area contributed by atoms with Crippen molar-refractivity contribution < 1.29 is 14.6 Å². The third kappa shape index (κ3) is 2.87. The zero-order valence-electron chi connectivity index (χ0n) is 8.86. The van der Waals surface area contributed by atoms with Crippen LogP contribution in [0.2, 0.25) is 0 Å². The molecule has 3 N–H and O–H groups in total. The molecule has 0 radical (unpaired) electrons. The number of carboxylic acids is 1. The van der Waals surface area contributed by atoms with Crippen LogP contribution in [0.5, 0.6) is 5.75 Å². The maximum atomic E-state index is 10.8. The van der Waals surface area contributed by atoms with Gasteiger partial charge in [-0.25, -0.2) is 4.79 Å². The Morgan fingerprint density at radius 3 is 2.80 bits per heavy atom. The highest BCUT2D eigenvalue weighted by Gasteiger charge is 2.10. The molecule has 0 bridgehead atoms. The van der Waals surface area contributed by atoms with Crippen LogP contribution in [0, 0.1) is 0 Å². The summed E-state index contributed by atoms with van der Waals surface area (Å²) in [5, 5.41) is 8.85. The average Bonchev–Trinajstić information content (AvgIpc) is 2.20. The van der Waals surface area contributed by atoms with Gasteiger partial charge in [0.15, 0.2) is 0 Å². The van der Waals surface area contributed by atoms with Crippen LogP contribution in [0.15, 0.2) is 18.2 Å². The summed E-state index contributed by atoms with van der Waals surface area (Å²) in [6.07, 6.45) is 0.933. The van der Waals surface area contributed by atoms with Crippen molar-refractivity contribution in [2.45, 2.75) is 26.4 Å². The van der Waals surface area contributed by atoms with Gasteiger partial charge < -0.3 is 15.6 Å². The molecular formula is C11H15NO3. The van der Waals surface area contributed by atoms with E-state index in [2.05, 4.69) is 0 Å². The molecule has 0 saturated heterocycles. The third-order valence-corrected chi connectivity index (χ3v) is 2.17. The molecule has 1 unspecified atom stereocenters. The number of benzene rings is 1. The molecule has 82 valence electrons. The Hall–Kier alpha value is -1.71. The van der Waals surface area contributed by atoms with Crippen LogP contribution < -0.4 is 10.5 Å². The molecular weight excluding hydrogens is 194 g/mol. The monoisotopic (exact) mass is 209 g/mol. The van der Waals surface area contributed by atoms with Gasteiger partial charge in [-0.05, 0) is 31.5 Å². The van der Waals surface area contributed by atoms with Crippen molar-refractivity contribution in [2.24, 2.45) is 0 Å². The van der Waals surface area contributed by atoms with Gasteiger partial charge in [0.2, 0.25) is 0 Å². The van der Waals surface area contributed by atoms with E-state index in [9.17, 15) is 4.79 Å². The summed E-state index contributed by atoms with van der Waals surface area (Å²) < 4.78 is 5.49. The molecule has 4 nitrogen and oxygen atoms in total. The minimum absolute atomic E-state index is 0.0651. The van der Waals surface area contributed by atoms with Gasteiger partial charge in [-0.1, -0.05) is 6.92 Å². The van der Waals surface area contributed by atoms with Crippen LogP contribution in [0.4, 0.5) is 5.69 Å². The molecule has 4 heteroatoms. The van der Waals surface area contributed by atoms with Crippen molar-refractivity contribution in [1.82, 2.24) is 0 Å². The number of nitrogen functional groups attached to an aromatic ring is 1. The summed E-state index contributed by atoms with van der Waals surface area (Å²) in [5.74, 6) is -0.502. The van der Waals surface area contributed by atoms with E-state index in [1.807, 2.05) is 13.8 Å². The second-order valence-electron chi connectivity index (χ2n) is 3.39. The molecule has 0 aliphatic heterocycles.